The highest BCUT2D eigenvalue weighted by Crippen LogP contribution is 2.17. The van der Waals surface area contributed by atoms with E-state index in [2.05, 4.69) is 10.2 Å². The number of halogens is 1. The standard InChI is InChI=1S/C11H7FN2O2/c12-9-3-1-2-7(4-9)10-5-8(11(15)16)6-13-14-10/h1-6H,(H,15,16). The Labute approximate surface area is 90.4 Å². The number of benzene rings is 1. The third-order valence-electron chi connectivity index (χ3n) is 2.02. The number of hydrogen-bond donors (Lipinski definition) is 1. The lowest BCUT2D eigenvalue weighted by Crippen LogP contribution is -1.99. The van der Waals surface area contributed by atoms with E-state index in [0.717, 1.165) is 6.20 Å². The molecule has 0 aliphatic carbocycles. The van der Waals surface area contributed by atoms with Gasteiger partial charge >= 0.3 is 5.97 Å². The minimum Gasteiger partial charge on any atom is -0.478 e. The molecule has 0 fully saturated rings. The maximum absolute atomic E-state index is 12.9. The number of hydrogen-bond acceptors (Lipinski definition) is 3. The van der Waals surface area contributed by atoms with Crippen molar-refractivity contribution in [2.75, 3.05) is 0 Å². The summed E-state index contributed by atoms with van der Waals surface area (Å²) in [5, 5.41) is 16.1. The van der Waals surface area contributed by atoms with Crippen molar-refractivity contribution in [2.45, 2.75) is 0 Å². The van der Waals surface area contributed by atoms with Crippen LogP contribution in [0.3, 0.4) is 0 Å². The maximum atomic E-state index is 12.9. The Morgan fingerprint density at radius 3 is 2.81 bits per heavy atom. The Balaban J connectivity index is 2.48. The molecule has 0 radical (unpaired) electrons. The Kier molecular flexibility index (Phi) is 2.59. The molecule has 1 aromatic carbocycles. The summed E-state index contributed by atoms with van der Waals surface area (Å²) in [6.07, 6.45) is 1.14. The van der Waals surface area contributed by atoms with Gasteiger partial charge in [-0.3, -0.25) is 0 Å². The van der Waals surface area contributed by atoms with E-state index in [1.54, 1.807) is 6.07 Å². The first-order valence-electron chi connectivity index (χ1n) is 4.49. The second kappa shape index (κ2) is 4.06. The maximum Gasteiger partial charge on any atom is 0.337 e. The molecule has 1 N–H and O–H groups in total. The first-order valence-corrected chi connectivity index (χ1v) is 4.49. The summed E-state index contributed by atoms with van der Waals surface area (Å²) < 4.78 is 12.9. The van der Waals surface area contributed by atoms with Crippen molar-refractivity contribution in [1.29, 1.82) is 0 Å². The number of aromatic nitrogens is 2. The molecule has 0 atom stereocenters. The molecule has 0 aliphatic heterocycles. The smallest absolute Gasteiger partial charge is 0.337 e. The van der Waals surface area contributed by atoms with Crippen molar-refractivity contribution in [3.8, 4) is 11.3 Å². The highest BCUT2D eigenvalue weighted by Gasteiger charge is 2.07. The van der Waals surface area contributed by atoms with Crippen LogP contribution >= 0.6 is 0 Å². The molecule has 16 heavy (non-hydrogen) atoms. The Hall–Kier alpha value is -2.30. The summed E-state index contributed by atoms with van der Waals surface area (Å²) in [7, 11) is 0. The number of aromatic carboxylic acids is 1. The van der Waals surface area contributed by atoms with Gasteiger partial charge in [0, 0.05) is 5.56 Å². The van der Waals surface area contributed by atoms with E-state index in [1.807, 2.05) is 0 Å². The van der Waals surface area contributed by atoms with Gasteiger partial charge in [0.1, 0.15) is 5.82 Å². The molecule has 0 amide bonds. The Morgan fingerprint density at radius 1 is 1.31 bits per heavy atom. The van der Waals surface area contributed by atoms with Gasteiger partial charge < -0.3 is 5.11 Å². The first kappa shape index (κ1) is 10.2. The summed E-state index contributed by atoms with van der Waals surface area (Å²) in [5.41, 5.74) is 0.851. The second-order valence-electron chi connectivity index (χ2n) is 3.14. The average Bonchev–Trinajstić information content (AvgIpc) is 2.29. The van der Waals surface area contributed by atoms with Crippen LogP contribution in [-0.4, -0.2) is 21.3 Å². The molecule has 5 heteroatoms. The van der Waals surface area contributed by atoms with Crippen LogP contribution in [0, 0.1) is 5.82 Å². The van der Waals surface area contributed by atoms with Gasteiger partial charge in [0.2, 0.25) is 0 Å². The third kappa shape index (κ3) is 2.03. The fourth-order valence-electron chi connectivity index (χ4n) is 1.27. The lowest BCUT2D eigenvalue weighted by molar-refractivity contribution is 0.0696. The number of carboxylic acids is 1. The zero-order valence-corrected chi connectivity index (χ0v) is 8.09. The van der Waals surface area contributed by atoms with Crippen LogP contribution < -0.4 is 0 Å². The molecular weight excluding hydrogens is 211 g/mol. The fourth-order valence-corrected chi connectivity index (χ4v) is 1.27. The van der Waals surface area contributed by atoms with Crippen LogP contribution in [0.25, 0.3) is 11.3 Å². The van der Waals surface area contributed by atoms with Gasteiger partial charge in [0.25, 0.3) is 0 Å². The predicted molar refractivity (Wildman–Crippen MR) is 54.4 cm³/mol. The summed E-state index contributed by atoms with van der Waals surface area (Å²) in [6.45, 7) is 0. The lowest BCUT2D eigenvalue weighted by Gasteiger charge is -2.00. The van der Waals surface area contributed by atoms with Crippen molar-refractivity contribution in [2.24, 2.45) is 0 Å². The van der Waals surface area contributed by atoms with Crippen molar-refractivity contribution in [1.82, 2.24) is 10.2 Å². The molecule has 2 rings (SSSR count). The van der Waals surface area contributed by atoms with Crippen molar-refractivity contribution in [3.63, 3.8) is 0 Å². The summed E-state index contributed by atoms with van der Waals surface area (Å²) in [5.74, 6) is -1.49. The topological polar surface area (TPSA) is 63.1 Å². The number of nitrogens with zero attached hydrogens (tertiary/aromatic N) is 2. The van der Waals surface area contributed by atoms with Gasteiger partial charge in [-0.2, -0.15) is 10.2 Å². The molecule has 2 aromatic rings. The fraction of sp³-hybridized carbons (Fsp3) is 0. The van der Waals surface area contributed by atoms with E-state index >= 15 is 0 Å². The lowest BCUT2D eigenvalue weighted by atomic mass is 10.1. The van der Waals surface area contributed by atoms with Crippen LogP contribution in [-0.2, 0) is 0 Å². The summed E-state index contributed by atoms with van der Waals surface area (Å²) in [6, 6.07) is 7.09. The Bertz CT molecular complexity index is 543. The molecule has 1 aromatic heterocycles. The van der Waals surface area contributed by atoms with Gasteiger partial charge in [-0.15, -0.1) is 0 Å². The van der Waals surface area contributed by atoms with Crippen molar-refractivity contribution < 1.29 is 14.3 Å². The quantitative estimate of drug-likeness (QED) is 0.837. The molecule has 80 valence electrons. The molecule has 0 spiro atoms. The Morgan fingerprint density at radius 2 is 2.12 bits per heavy atom. The zero-order valence-electron chi connectivity index (χ0n) is 8.09. The van der Waals surface area contributed by atoms with Crippen LogP contribution in [0.4, 0.5) is 4.39 Å². The van der Waals surface area contributed by atoms with Crippen LogP contribution in [0.1, 0.15) is 10.4 Å². The summed E-state index contributed by atoms with van der Waals surface area (Å²) >= 11 is 0. The molecule has 0 bridgehead atoms. The number of carbonyl (C=O) groups is 1. The van der Waals surface area contributed by atoms with Gasteiger partial charge in [0.15, 0.2) is 0 Å². The third-order valence-corrected chi connectivity index (χ3v) is 2.02. The number of carboxylic acid groups (broad SMARTS) is 1. The van der Waals surface area contributed by atoms with E-state index in [1.165, 1.54) is 24.3 Å². The van der Waals surface area contributed by atoms with Gasteiger partial charge in [-0.1, -0.05) is 12.1 Å². The second-order valence-corrected chi connectivity index (χ2v) is 3.14. The van der Waals surface area contributed by atoms with E-state index in [0.29, 0.717) is 11.3 Å². The van der Waals surface area contributed by atoms with Crippen LogP contribution in [0.5, 0.6) is 0 Å². The number of rotatable bonds is 2. The molecule has 0 aliphatic rings. The summed E-state index contributed by atoms with van der Waals surface area (Å²) in [4.78, 5) is 10.7. The predicted octanol–water partition coefficient (Wildman–Crippen LogP) is 1.98. The largest absolute Gasteiger partial charge is 0.478 e. The van der Waals surface area contributed by atoms with Crippen LogP contribution in [0.2, 0.25) is 0 Å². The minimum atomic E-state index is -1.09. The van der Waals surface area contributed by atoms with Gasteiger partial charge in [-0.25, -0.2) is 9.18 Å². The molecule has 4 nitrogen and oxygen atoms in total. The van der Waals surface area contributed by atoms with Gasteiger partial charge in [0.05, 0.1) is 17.5 Å². The normalized spacial score (nSPS) is 10.1. The molecule has 0 saturated carbocycles. The highest BCUT2D eigenvalue weighted by molar-refractivity contribution is 5.88. The molecular formula is C11H7FN2O2. The van der Waals surface area contributed by atoms with E-state index in [4.69, 9.17) is 5.11 Å². The van der Waals surface area contributed by atoms with E-state index < -0.39 is 11.8 Å². The monoisotopic (exact) mass is 218 g/mol. The highest BCUT2D eigenvalue weighted by atomic mass is 19.1. The minimum absolute atomic E-state index is 0.0225. The van der Waals surface area contributed by atoms with Crippen molar-refractivity contribution in [3.05, 3.63) is 47.9 Å². The molecule has 0 saturated heterocycles. The average molecular weight is 218 g/mol. The van der Waals surface area contributed by atoms with E-state index in [-0.39, 0.29) is 5.56 Å². The molecule has 1 heterocycles. The zero-order chi connectivity index (χ0) is 11.5. The van der Waals surface area contributed by atoms with Crippen molar-refractivity contribution >= 4 is 5.97 Å². The van der Waals surface area contributed by atoms with E-state index in [9.17, 15) is 9.18 Å². The molecule has 0 unspecified atom stereocenters. The SMILES string of the molecule is O=C(O)c1cnnc(-c2cccc(F)c2)c1. The van der Waals surface area contributed by atoms with Crippen LogP contribution in [0.15, 0.2) is 36.5 Å². The first-order chi connectivity index (χ1) is 7.66. The van der Waals surface area contributed by atoms with Gasteiger partial charge in [-0.05, 0) is 18.2 Å².